The number of carbonyl (C=O) groups is 1. The first-order valence-electron chi connectivity index (χ1n) is 6.42. The average molecular weight is 285 g/mol. The second-order valence-corrected chi connectivity index (χ2v) is 4.66. The summed E-state index contributed by atoms with van der Waals surface area (Å²) < 4.78 is 4.88. The zero-order valence-corrected chi connectivity index (χ0v) is 11.8. The SMILES string of the molecule is COC(=O)[C@H](c1ccc([N+](=O)[O-])cc1)c1ccccc1C. The van der Waals surface area contributed by atoms with Crippen molar-refractivity contribution in [3.8, 4) is 0 Å². The molecule has 2 aromatic carbocycles. The van der Waals surface area contributed by atoms with Crippen LogP contribution in [0.1, 0.15) is 22.6 Å². The molecule has 0 heterocycles. The summed E-state index contributed by atoms with van der Waals surface area (Å²) in [5, 5.41) is 10.7. The van der Waals surface area contributed by atoms with E-state index in [4.69, 9.17) is 4.74 Å². The Bertz CT molecular complexity index is 664. The van der Waals surface area contributed by atoms with Crippen LogP contribution in [0.2, 0.25) is 0 Å². The third-order valence-electron chi connectivity index (χ3n) is 3.37. The van der Waals surface area contributed by atoms with E-state index in [2.05, 4.69) is 0 Å². The number of aryl methyl sites for hydroxylation is 1. The van der Waals surface area contributed by atoms with Gasteiger partial charge in [-0.25, -0.2) is 0 Å². The van der Waals surface area contributed by atoms with Crippen LogP contribution >= 0.6 is 0 Å². The van der Waals surface area contributed by atoms with Crippen LogP contribution in [0.25, 0.3) is 0 Å². The van der Waals surface area contributed by atoms with Gasteiger partial charge in [0, 0.05) is 12.1 Å². The van der Waals surface area contributed by atoms with Gasteiger partial charge in [0.25, 0.3) is 5.69 Å². The maximum absolute atomic E-state index is 12.1. The molecular formula is C16H15NO4. The zero-order chi connectivity index (χ0) is 15.4. The van der Waals surface area contributed by atoms with E-state index in [-0.39, 0.29) is 5.69 Å². The molecule has 0 aliphatic heterocycles. The topological polar surface area (TPSA) is 69.4 Å². The van der Waals surface area contributed by atoms with Gasteiger partial charge in [0.15, 0.2) is 0 Å². The molecule has 2 aromatic rings. The largest absolute Gasteiger partial charge is 0.468 e. The Morgan fingerprint density at radius 1 is 1.14 bits per heavy atom. The summed E-state index contributed by atoms with van der Waals surface area (Å²) in [5.41, 5.74) is 2.46. The Balaban J connectivity index is 2.48. The first-order valence-corrected chi connectivity index (χ1v) is 6.42. The number of rotatable bonds is 4. The van der Waals surface area contributed by atoms with Crippen molar-refractivity contribution in [2.24, 2.45) is 0 Å². The Hall–Kier alpha value is -2.69. The highest BCUT2D eigenvalue weighted by molar-refractivity contribution is 5.82. The van der Waals surface area contributed by atoms with E-state index in [0.717, 1.165) is 11.1 Å². The molecule has 0 saturated heterocycles. The van der Waals surface area contributed by atoms with Crippen LogP contribution in [-0.4, -0.2) is 18.0 Å². The van der Waals surface area contributed by atoms with Crippen molar-refractivity contribution in [1.29, 1.82) is 0 Å². The number of ether oxygens (including phenoxy) is 1. The lowest BCUT2D eigenvalue weighted by Crippen LogP contribution is -2.16. The van der Waals surface area contributed by atoms with Crippen LogP contribution in [0.3, 0.4) is 0 Å². The fraction of sp³-hybridized carbons (Fsp3) is 0.188. The van der Waals surface area contributed by atoms with Crippen molar-refractivity contribution in [3.05, 3.63) is 75.3 Å². The fourth-order valence-corrected chi connectivity index (χ4v) is 2.26. The van der Waals surface area contributed by atoms with E-state index in [9.17, 15) is 14.9 Å². The first-order chi connectivity index (χ1) is 10.0. The number of hydrogen-bond acceptors (Lipinski definition) is 4. The molecule has 5 heteroatoms. The third-order valence-corrected chi connectivity index (χ3v) is 3.37. The number of nitro benzene ring substituents is 1. The molecule has 108 valence electrons. The van der Waals surface area contributed by atoms with Gasteiger partial charge >= 0.3 is 5.97 Å². The maximum Gasteiger partial charge on any atom is 0.317 e. The van der Waals surface area contributed by atoms with Crippen LogP contribution in [0.15, 0.2) is 48.5 Å². The van der Waals surface area contributed by atoms with Crippen LogP contribution in [0.4, 0.5) is 5.69 Å². The van der Waals surface area contributed by atoms with E-state index in [0.29, 0.717) is 5.56 Å². The van der Waals surface area contributed by atoms with Crippen LogP contribution < -0.4 is 0 Å². The highest BCUT2D eigenvalue weighted by atomic mass is 16.6. The van der Waals surface area contributed by atoms with Crippen molar-refractivity contribution in [1.82, 2.24) is 0 Å². The number of benzene rings is 2. The van der Waals surface area contributed by atoms with Gasteiger partial charge in [-0.3, -0.25) is 14.9 Å². The predicted octanol–water partition coefficient (Wildman–Crippen LogP) is 3.21. The molecule has 0 aliphatic carbocycles. The summed E-state index contributed by atoms with van der Waals surface area (Å²) in [6.07, 6.45) is 0. The summed E-state index contributed by atoms with van der Waals surface area (Å²) in [6.45, 7) is 1.91. The Labute approximate surface area is 122 Å². The molecule has 0 unspecified atom stereocenters. The summed E-state index contributed by atoms with van der Waals surface area (Å²) in [4.78, 5) is 22.4. The summed E-state index contributed by atoms with van der Waals surface area (Å²) in [5.74, 6) is -0.977. The van der Waals surface area contributed by atoms with Gasteiger partial charge in [-0.1, -0.05) is 36.4 Å². The summed E-state index contributed by atoms with van der Waals surface area (Å²) >= 11 is 0. The van der Waals surface area contributed by atoms with Crippen LogP contribution in [0.5, 0.6) is 0 Å². The standard InChI is InChI=1S/C16H15NO4/c1-11-5-3-4-6-14(11)15(16(18)21-2)12-7-9-13(10-8-12)17(19)20/h3-10,15H,1-2H3/t15-/m1/s1. The summed E-state index contributed by atoms with van der Waals surface area (Å²) in [7, 11) is 1.33. The van der Waals surface area contributed by atoms with Crippen molar-refractivity contribution >= 4 is 11.7 Å². The Kier molecular flexibility index (Phi) is 4.33. The number of hydrogen-bond donors (Lipinski definition) is 0. The smallest absolute Gasteiger partial charge is 0.317 e. The molecule has 0 amide bonds. The maximum atomic E-state index is 12.1. The second-order valence-electron chi connectivity index (χ2n) is 4.66. The van der Waals surface area contributed by atoms with Crippen molar-refractivity contribution in [3.63, 3.8) is 0 Å². The quantitative estimate of drug-likeness (QED) is 0.491. The monoisotopic (exact) mass is 285 g/mol. The van der Waals surface area contributed by atoms with Gasteiger partial charge in [-0.05, 0) is 23.6 Å². The van der Waals surface area contributed by atoms with Gasteiger partial charge < -0.3 is 4.74 Å². The normalized spacial score (nSPS) is 11.7. The Morgan fingerprint density at radius 3 is 2.29 bits per heavy atom. The number of esters is 1. The molecule has 1 atom stereocenters. The highest BCUT2D eigenvalue weighted by Gasteiger charge is 2.25. The molecule has 0 radical (unpaired) electrons. The molecule has 0 aromatic heterocycles. The molecule has 2 rings (SSSR count). The van der Waals surface area contributed by atoms with E-state index in [1.54, 1.807) is 12.1 Å². The molecule has 0 N–H and O–H groups in total. The predicted molar refractivity (Wildman–Crippen MR) is 78.1 cm³/mol. The van der Waals surface area contributed by atoms with Gasteiger partial charge in [0.1, 0.15) is 5.92 Å². The highest BCUT2D eigenvalue weighted by Crippen LogP contribution is 2.29. The summed E-state index contributed by atoms with van der Waals surface area (Å²) in [6, 6.07) is 13.5. The van der Waals surface area contributed by atoms with Gasteiger partial charge in [0.05, 0.1) is 12.0 Å². The number of methoxy groups -OCH3 is 1. The van der Waals surface area contributed by atoms with E-state index in [1.165, 1.54) is 19.2 Å². The number of nitrogens with zero attached hydrogens (tertiary/aromatic N) is 1. The molecule has 5 nitrogen and oxygen atoms in total. The second kappa shape index (κ2) is 6.17. The number of nitro groups is 1. The minimum absolute atomic E-state index is 0.00727. The van der Waals surface area contributed by atoms with Crippen molar-refractivity contribution in [2.75, 3.05) is 7.11 Å². The van der Waals surface area contributed by atoms with Gasteiger partial charge in [-0.15, -0.1) is 0 Å². The molecule has 0 saturated carbocycles. The van der Waals surface area contributed by atoms with Crippen molar-refractivity contribution in [2.45, 2.75) is 12.8 Å². The Morgan fingerprint density at radius 2 is 1.76 bits per heavy atom. The van der Waals surface area contributed by atoms with Gasteiger partial charge in [-0.2, -0.15) is 0 Å². The number of carbonyl (C=O) groups excluding carboxylic acids is 1. The van der Waals surface area contributed by atoms with Crippen LogP contribution in [-0.2, 0) is 9.53 Å². The lowest BCUT2D eigenvalue weighted by molar-refractivity contribution is -0.384. The van der Waals surface area contributed by atoms with E-state index < -0.39 is 16.8 Å². The van der Waals surface area contributed by atoms with Crippen LogP contribution in [0, 0.1) is 17.0 Å². The first kappa shape index (κ1) is 14.7. The van der Waals surface area contributed by atoms with E-state index >= 15 is 0 Å². The van der Waals surface area contributed by atoms with Crippen molar-refractivity contribution < 1.29 is 14.5 Å². The van der Waals surface area contributed by atoms with Gasteiger partial charge in [0.2, 0.25) is 0 Å². The van der Waals surface area contributed by atoms with E-state index in [1.807, 2.05) is 31.2 Å². The number of non-ortho nitro benzene ring substituents is 1. The molecular weight excluding hydrogens is 270 g/mol. The molecule has 0 spiro atoms. The minimum Gasteiger partial charge on any atom is -0.468 e. The third kappa shape index (κ3) is 3.08. The lowest BCUT2D eigenvalue weighted by Gasteiger charge is -2.17. The zero-order valence-electron chi connectivity index (χ0n) is 11.8. The average Bonchev–Trinajstić information content (AvgIpc) is 2.49. The fourth-order valence-electron chi connectivity index (χ4n) is 2.26. The lowest BCUT2D eigenvalue weighted by atomic mass is 9.88. The molecule has 0 aliphatic rings. The molecule has 0 bridgehead atoms. The minimum atomic E-state index is -0.586. The molecule has 0 fully saturated rings. The molecule has 21 heavy (non-hydrogen) atoms.